The molecule has 214 valence electrons. The summed E-state index contributed by atoms with van der Waals surface area (Å²) >= 11 is 0. The average Bonchev–Trinajstić information content (AvgIpc) is 3.40. The highest BCUT2D eigenvalue weighted by Gasteiger charge is 2.50. The van der Waals surface area contributed by atoms with Crippen molar-refractivity contribution >= 4 is 33.8 Å². The minimum Gasteiger partial charge on any atom is -0.497 e. The number of tetrazole rings is 1. The zero-order valence-corrected chi connectivity index (χ0v) is 25.0. The van der Waals surface area contributed by atoms with E-state index < -0.39 is 5.92 Å². The van der Waals surface area contributed by atoms with Crippen molar-refractivity contribution in [3.05, 3.63) is 82.2 Å². The van der Waals surface area contributed by atoms with Crippen LogP contribution in [0, 0.1) is 17.8 Å². The highest BCUT2D eigenvalue weighted by molar-refractivity contribution is 6.09. The Kier molecular flexibility index (Phi) is 5.74. The molecule has 0 atom stereocenters. The third-order valence-corrected chi connectivity index (χ3v) is 9.00. The largest absolute Gasteiger partial charge is 0.497 e. The fourth-order valence-electron chi connectivity index (χ4n) is 7.28. The molecule has 0 amide bonds. The number of rotatable bonds is 3. The van der Waals surface area contributed by atoms with E-state index in [4.69, 9.17) is 4.74 Å². The first-order valence-corrected chi connectivity index (χ1v) is 14.5. The fourth-order valence-corrected chi connectivity index (χ4v) is 7.28. The van der Waals surface area contributed by atoms with Crippen molar-refractivity contribution in [1.29, 1.82) is 0 Å². The Hall–Kier alpha value is -4.33. The molecule has 0 bridgehead atoms. The molecule has 7 rings (SSSR count). The van der Waals surface area contributed by atoms with Gasteiger partial charge in [-0.3, -0.25) is 9.59 Å². The van der Waals surface area contributed by atoms with Crippen LogP contribution in [0.15, 0.2) is 71.1 Å². The Balaban J connectivity index is 1.57. The SMILES string of the molecule is COc1ccc(N2C3=C(C(=O)CC(C)(C)C3)C(c3cc4cc(C)ccc4n4nnnc34)C3=C2CC(C)(C)CC3=O)cc1. The third kappa shape index (κ3) is 4.07. The Morgan fingerprint density at radius 1 is 0.833 bits per heavy atom. The van der Waals surface area contributed by atoms with Gasteiger partial charge >= 0.3 is 0 Å². The maximum atomic E-state index is 14.3. The van der Waals surface area contributed by atoms with Crippen LogP contribution in [0.1, 0.15) is 70.4 Å². The van der Waals surface area contributed by atoms with E-state index in [0.717, 1.165) is 44.9 Å². The number of ether oxygens (including phenoxy) is 1. The number of carbonyl (C=O) groups is 2. The number of nitrogens with zero attached hydrogens (tertiary/aromatic N) is 5. The second-order valence-electron chi connectivity index (χ2n) is 13.6. The molecular formula is C34H35N5O3. The quantitative estimate of drug-likeness (QED) is 0.283. The van der Waals surface area contributed by atoms with Crippen LogP contribution in [0.3, 0.4) is 0 Å². The van der Waals surface area contributed by atoms with Crippen molar-refractivity contribution in [1.82, 2.24) is 20.0 Å². The summed E-state index contributed by atoms with van der Waals surface area (Å²) < 4.78 is 7.19. The molecule has 0 fully saturated rings. The molecule has 3 heterocycles. The molecular weight excluding hydrogens is 526 g/mol. The number of anilines is 1. The molecule has 3 aliphatic rings. The number of ketones is 2. The van der Waals surface area contributed by atoms with Crippen molar-refractivity contribution in [3.8, 4) is 5.75 Å². The lowest BCUT2D eigenvalue weighted by molar-refractivity contribution is -0.119. The van der Waals surface area contributed by atoms with Gasteiger partial charge in [-0.2, -0.15) is 4.52 Å². The monoisotopic (exact) mass is 561 g/mol. The van der Waals surface area contributed by atoms with Crippen LogP contribution in [-0.2, 0) is 9.59 Å². The molecule has 8 nitrogen and oxygen atoms in total. The number of aryl methyl sites for hydroxylation is 1. The van der Waals surface area contributed by atoms with E-state index >= 15 is 0 Å². The number of pyridine rings is 1. The maximum Gasteiger partial charge on any atom is 0.184 e. The number of methoxy groups -OCH3 is 1. The van der Waals surface area contributed by atoms with Crippen LogP contribution < -0.4 is 9.64 Å². The number of aromatic nitrogens is 4. The van der Waals surface area contributed by atoms with Gasteiger partial charge in [0.25, 0.3) is 0 Å². The first kappa shape index (κ1) is 26.6. The van der Waals surface area contributed by atoms with Gasteiger partial charge in [-0.05, 0) is 83.5 Å². The summed E-state index contributed by atoms with van der Waals surface area (Å²) in [7, 11) is 1.65. The number of allylic oxidation sites excluding steroid dienone is 4. The number of carbonyl (C=O) groups excluding carboxylic acids is 2. The summed E-state index contributed by atoms with van der Waals surface area (Å²) in [5.74, 6) is 0.355. The molecule has 8 heteroatoms. The zero-order chi connectivity index (χ0) is 29.6. The fraction of sp³-hybridized carbons (Fsp3) is 0.382. The molecule has 2 aromatic heterocycles. The van der Waals surface area contributed by atoms with Crippen LogP contribution in [0.2, 0.25) is 0 Å². The van der Waals surface area contributed by atoms with Crippen molar-refractivity contribution in [3.63, 3.8) is 0 Å². The second kappa shape index (κ2) is 9.08. The zero-order valence-electron chi connectivity index (χ0n) is 25.0. The predicted molar refractivity (Wildman–Crippen MR) is 161 cm³/mol. The Labute approximate surface area is 245 Å². The lowest BCUT2D eigenvalue weighted by Gasteiger charge is -2.49. The number of benzene rings is 2. The molecule has 0 N–H and O–H groups in total. The Morgan fingerprint density at radius 3 is 2.05 bits per heavy atom. The number of fused-ring (bicyclic) bond motifs is 3. The van der Waals surface area contributed by atoms with E-state index in [0.29, 0.717) is 42.5 Å². The van der Waals surface area contributed by atoms with Crippen LogP contribution in [0.4, 0.5) is 5.69 Å². The summed E-state index contributed by atoms with van der Waals surface area (Å²) in [6.07, 6.45) is 2.23. The molecule has 2 aliphatic carbocycles. The molecule has 4 aromatic rings. The van der Waals surface area contributed by atoms with Gasteiger partial charge in [-0.1, -0.05) is 39.3 Å². The summed E-state index contributed by atoms with van der Waals surface area (Å²) in [4.78, 5) is 30.8. The van der Waals surface area contributed by atoms with E-state index in [1.165, 1.54) is 0 Å². The Morgan fingerprint density at radius 2 is 1.45 bits per heavy atom. The first-order valence-electron chi connectivity index (χ1n) is 14.5. The molecule has 0 spiro atoms. The molecule has 2 aromatic carbocycles. The van der Waals surface area contributed by atoms with Gasteiger partial charge in [0.05, 0.1) is 12.6 Å². The predicted octanol–water partition coefficient (Wildman–Crippen LogP) is 6.48. The van der Waals surface area contributed by atoms with Crippen molar-refractivity contribution in [2.45, 2.75) is 66.2 Å². The standard InChI is InChI=1S/C34H35N5O3/c1-19-7-12-24-20(13-19)14-23(32-35-36-37-39(24)32)29-30-25(15-33(2,3)17-27(30)40)38(21-8-10-22(42-6)11-9-21)26-16-34(4,5)18-28(41)31(26)29/h7-14,29H,15-18H2,1-6H3. The van der Waals surface area contributed by atoms with Crippen molar-refractivity contribution < 1.29 is 14.3 Å². The van der Waals surface area contributed by atoms with E-state index in [9.17, 15) is 9.59 Å². The van der Waals surface area contributed by atoms with E-state index in [1.807, 2.05) is 36.4 Å². The highest BCUT2D eigenvalue weighted by Crippen LogP contribution is 2.56. The number of hydrogen-bond donors (Lipinski definition) is 0. The normalized spacial score (nSPS) is 20.4. The van der Waals surface area contributed by atoms with Crippen LogP contribution in [0.25, 0.3) is 16.6 Å². The summed E-state index contributed by atoms with van der Waals surface area (Å²) in [5, 5.41) is 13.8. The lowest BCUT2D eigenvalue weighted by atomic mass is 9.63. The molecule has 1 aliphatic heterocycles. The molecule has 0 saturated carbocycles. The van der Waals surface area contributed by atoms with E-state index in [2.05, 4.69) is 67.2 Å². The molecule has 0 saturated heterocycles. The first-order chi connectivity index (χ1) is 20.0. The lowest BCUT2D eigenvalue weighted by Crippen LogP contribution is -2.44. The smallest absolute Gasteiger partial charge is 0.184 e. The van der Waals surface area contributed by atoms with Gasteiger partial charge in [0.2, 0.25) is 0 Å². The van der Waals surface area contributed by atoms with Crippen LogP contribution >= 0.6 is 0 Å². The minimum absolute atomic E-state index is 0.0731. The molecule has 42 heavy (non-hydrogen) atoms. The maximum absolute atomic E-state index is 14.3. The highest BCUT2D eigenvalue weighted by atomic mass is 16.5. The van der Waals surface area contributed by atoms with Gasteiger partial charge in [-0.25, -0.2) is 0 Å². The molecule has 0 unspecified atom stereocenters. The van der Waals surface area contributed by atoms with Gasteiger partial charge in [-0.15, -0.1) is 5.10 Å². The second-order valence-corrected chi connectivity index (χ2v) is 13.6. The van der Waals surface area contributed by atoms with Gasteiger partial charge in [0.1, 0.15) is 5.75 Å². The topological polar surface area (TPSA) is 89.7 Å². The average molecular weight is 562 g/mol. The van der Waals surface area contributed by atoms with Crippen molar-refractivity contribution in [2.24, 2.45) is 10.8 Å². The van der Waals surface area contributed by atoms with Gasteiger partial charge in [0, 0.05) is 57.9 Å². The van der Waals surface area contributed by atoms with E-state index in [1.54, 1.807) is 11.6 Å². The third-order valence-electron chi connectivity index (χ3n) is 9.00. The number of Topliss-reactive ketones (excluding diaryl/α,β-unsaturated/α-hetero) is 2. The molecule has 0 radical (unpaired) electrons. The van der Waals surface area contributed by atoms with Gasteiger partial charge < -0.3 is 9.64 Å². The summed E-state index contributed by atoms with van der Waals surface area (Å²) in [6, 6.07) is 16.2. The summed E-state index contributed by atoms with van der Waals surface area (Å²) in [6.45, 7) is 10.6. The number of hydrogen-bond acceptors (Lipinski definition) is 7. The van der Waals surface area contributed by atoms with Crippen LogP contribution in [-0.4, -0.2) is 38.7 Å². The van der Waals surface area contributed by atoms with Crippen molar-refractivity contribution in [2.75, 3.05) is 12.0 Å². The minimum atomic E-state index is -0.546. The Bertz CT molecular complexity index is 1820. The van der Waals surface area contributed by atoms with E-state index in [-0.39, 0.29) is 22.4 Å². The van der Waals surface area contributed by atoms with Gasteiger partial charge in [0.15, 0.2) is 17.2 Å². The summed E-state index contributed by atoms with van der Waals surface area (Å²) in [5.41, 5.74) is 7.13. The van der Waals surface area contributed by atoms with Crippen LogP contribution in [0.5, 0.6) is 5.75 Å².